The number of rotatable bonds is 4. The molecule has 0 saturated carbocycles. The molecule has 1 aromatic heterocycles. The molecule has 0 unspecified atom stereocenters. The number of benzene rings is 1. The van der Waals surface area contributed by atoms with Crippen LogP contribution in [0.15, 0.2) is 24.3 Å². The summed E-state index contributed by atoms with van der Waals surface area (Å²) >= 11 is 6.05. The largest absolute Gasteiger partial charge is 0.461 e. The first-order valence-corrected chi connectivity index (χ1v) is 6.10. The van der Waals surface area contributed by atoms with Gasteiger partial charge >= 0.3 is 5.97 Å². The van der Waals surface area contributed by atoms with Gasteiger partial charge in [-0.1, -0.05) is 35.0 Å². The Labute approximate surface area is 115 Å². The van der Waals surface area contributed by atoms with E-state index in [2.05, 4.69) is 10.3 Å². The first-order valence-electron chi connectivity index (χ1n) is 5.73. The number of anilines is 1. The number of carbonyl (C=O) groups is 1. The van der Waals surface area contributed by atoms with Gasteiger partial charge in [0, 0.05) is 5.02 Å². The van der Waals surface area contributed by atoms with Crippen LogP contribution in [0.3, 0.4) is 0 Å². The molecule has 7 heteroatoms. The molecule has 0 saturated heterocycles. The Morgan fingerprint density at radius 1 is 1.47 bits per heavy atom. The Bertz CT molecular complexity index is 597. The molecule has 0 aliphatic rings. The fourth-order valence-electron chi connectivity index (χ4n) is 1.57. The van der Waals surface area contributed by atoms with Crippen LogP contribution < -0.4 is 5.73 Å². The van der Waals surface area contributed by atoms with Gasteiger partial charge in [0.15, 0.2) is 5.82 Å². The topological polar surface area (TPSA) is 83.0 Å². The number of carbonyl (C=O) groups excluding carboxylic acids is 1. The summed E-state index contributed by atoms with van der Waals surface area (Å²) in [6, 6.07) is 7.32. The standard InChI is InChI=1S/C12H13ClN4O2/c1-2-19-12(18)10-11(14)17(16-15-10)7-8-5-3-4-6-9(8)13/h3-6H,2,7,14H2,1H3. The van der Waals surface area contributed by atoms with Crippen LogP contribution in [-0.2, 0) is 11.3 Å². The van der Waals surface area contributed by atoms with Gasteiger partial charge in [-0.15, -0.1) is 5.10 Å². The molecule has 100 valence electrons. The van der Waals surface area contributed by atoms with E-state index in [0.717, 1.165) is 5.56 Å². The van der Waals surface area contributed by atoms with Gasteiger partial charge in [-0.05, 0) is 18.6 Å². The highest BCUT2D eigenvalue weighted by molar-refractivity contribution is 6.31. The Hall–Kier alpha value is -2.08. The van der Waals surface area contributed by atoms with Crippen LogP contribution in [-0.4, -0.2) is 27.6 Å². The predicted molar refractivity (Wildman–Crippen MR) is 70.9 cm³/mol. The molecule has 2 N–H and O–H groups in total. The van der Waals surface area contributed by atoms with Crippen LogP contribution in [0.2, 0.25) is 5.02 Å². The van der Waals surface area contributed by atoms with Crippen molar-refractivity contribution in [2.75, 3.05) is 12.3 Å². The number of nitrogens with two attached hydrogens (primary N) is 1. The maximum atomic E-state index is 11.6. The van der Waals surface area contributed by atoms with Gasteiger partial charge in [0.1, 0.15) is 0 Å². The Kier molecular flexibility index (Phi) is 4.01. The van der Waals surface area contributed by atoms with Crippen molar-refractivity contribution in [3.8, 4) is 0 Å². The maximum absolute atomic E-state index is 11.6. The van der Waals surface area contributed by atoms with E-state index in [1.165, 1.54) is 4.68 Å². The van der Waals surface area contributed by atoms with Crippen molar-refractivity contribution in [1.82, 2.24) is 15.0 Å². The minimum atomic E-state index is -0.578. The Morgan fingerprint density at radius 3 is 2.89 bits per heavy atom. The third-order valence-corrected chi connectivity index (χ3v) is 2.89. The lowest BCUT2D eigenvalue weighted by Crippen LogP contribution is -2.11. The van der Waals surface area contributed by atoms with Gasteiger partial charge in [0.25, 0.3) is 0 Å². The zero-order valence-corrected chi connectivity index (χ0v) is 11.1. The van der Waals surface area contributed by atoms with Crippen LogP contribution in [0, 0.1) is 0 Å². The highest BCUT2D eigenvalue weighted by atomic mass is 35.5. The summed E-state index contributed by atoms with van der Waals surface area (Å²) in [4.78, 5) is 11.6. The molecule has 0 aliphatic heterocycles. The van der Waals surface area contributed by atoms with Crippen LogP contribution in [0.4, 0.5) is 5.82 Å². The van der Waals surface area contributed by atoms with Crippen molar-refractivity contribution in [1.29, 1.82) is 0 Å². The van der Waals surface area contributed by atoms with E-state index in [9.17, 15) is 4.79 Å². The van der Waals surface area contributed by atoms with Crippen molar-refractivity contribution in [3.63, 3.8) is 0 Å². The molecule has 2 aromatic rings. The van der Waals surface area contributed by atoms with Crippen molar-refractivity contribution in [2.24, 2.45) is 0 Å². The lowest BCUT2D eigenvalue weighted by molar-refractivity contribution is 0.0520. The maximum Gasteiger partial charge on any atom is 0.362 e. The molecule has 0 radical (unpaired) electrons. The van der Waals surface area contributed by atoms with Gasteiger partial charge in [0.05, 0.1) is 13.2 Å². The molecule has 0 fully saturated rings. The van der Waals surface area contributed by atoms with E-state index in [1.54, 1.807) is 13.0 Å². The second kappa shape index (κ2) is 5.71. The summed E-state index contributed by atoms with van der Waals surface area (Å²) in [5, 5.41) is 8.17. The Morgan fingerprint density at radius 2 is 2.21 bits per heavy atom. The summed E-state index contributed by atoms with van der Waals surface area (Å²) < 4.78 is 6.25. The number of ether oxygens (including phenoxy) is 1. The highest BCUT2D eigenvalue weighted by Crippen LogP contribution is 2.18. The SMILES string of the molecule is CCOC(=O)c1nnn(Cc2ccccc2Cl)c1N. The molecule has 0 spiro atoms. The van der Waals surface area contributed by atoms with E-state index in [0.29, 0.717) is 11.6 Å². The van der Waals surface area contributed by atoms with Gasteiger partial charge < -0.3 is 10.5 Å². The summed E-state index contributed by atoms with van der Waals surface area (Å²) in [7, 11) is 0. The second-order valence-corrected chi connectivity index (χ2v) is 4.20. The zero-order valence-electron chi connectivity index (χ0n) is 10.3. The monoisotopic (exact) mass is 280 g/mol. The molecule has 1 heterocycles. The Balaban J connectivity index is 2.23. The lowest BCUT2D eigenvalue weighted by Gasteiger charge is -2.05. The third kappa shape index (κ3) is 2.85. The quantitative estimate of drug-likeness (QED) is 0.863. The van der Waals surface area contributed by atoms with Gasteiger partial charge in [-0.2, -0.15) is 0 Å². The van der Waals surface area contributed by atoms with Crippen molar-refractivity contribution in [2.45, 2.75) is 13.5 Å². The van der Waals surface area contributed by atoms with Crippen molar-refractivity contribution in [3.05, 3.63) is 40.5 Å². The van der Waals surface area contributed by atoms with Crippen molar-refractivity contribution < 1.29 is 9.53 Å². The summed E-state index contributed by atoms with van der Waals surface area (Å²) in [6.07, 6.45) is 0. The average Bonchev–Trinajstić information content (AvgIpc) is 2.74. The number of aromatic nitrogens is 3. The van der Waals surface area contributed by atoms with Gasteiger partial charge in [0.2, 0.25) is 5.69 Å². The molecule has 0 atom stereocenters. The molecule has 1 aromatic carbocycles. The second-order valence-electron chi connectivity index (χ2n) is 3.79. The average molecular weight is 281 g/mol. The minimum Gasteiger partial charge on any atom is -0.461 e. The summed E-state index contributed by atoms with van der Waals surface area (Å²) in [5.74, 6) is -0.413. The fourth-order valence-corrected chi connectivity index (χ4v) is 1.77. The minimum absolute atomic E-state index is 0.0221. The van der Waals surface area contributed by atoms with Gasteiger partial charge in [-0.3, -0.25) is 0 Å². The van der Waals surface area contributed by atoms with Crippen LogP contribution in [0.1, 0.15) is 23.0 Å². The lowest BCUT2D eigenvalue weighted by atomic mass is 10.2. The molecule has 6 nitrogen and oxygen atoms in total. The normalized spacial score (nSPS) is 10.4. The molecule has 0 aliphatic carbocycles. The van der Waals surface area contributed by atoms with E-state index in [-0.39, 0.29) is 18.1 Å². The summed E-state index contributed by atoms with van der Waals surface area (Å²) in [6.45, 7) is 2.32. The number of esters is 1. The molecule has 0 amide bonds. The number of nitrogens with zero attached hydrogens (tertiary/aromatic N) is 3. The first-order chi connectivity index (χ1) is 9.13. The fraction of sp³-hybridized carbons (Fsp3) is 0.250. The zero-order chi connectivity index (χ0) is 13.8. The van der Waals surface area contributed by atoms with E-state index < -0.39 is 5.97 Å². The number of nitrogen functional groups attached to an aromatic ring is 1. The van der Waals surface area contributed by atoms with Crippen molar-refractivity contribution >= 4 is 23.4 Å². The molecule has 19 heavy (non-hydrogen) atoms. The molecular formula is C12H13ClN4O2. The number of hydrogen-bond donors (Lipinski definition) is 1. The summed E-state index contributed by atoms with van der Waals surface area (Å²) in [5.41, 5.74) is 6.69. The molecule has 0 bridgehead atoms. The number of halogens is 1. The van der Waals surface area contributed by atoms with E-state index in [1.807, 2.05) is 18.2 Å². The predicted octanol–water partition coefficient (Wildman–Crippen LogP) is 1.74. The van der Waals surface area contributed by atoms with E-state index >= 15 is 0 Å². The first kappa shape index (κ1) is 13.4. The van der Waals surface area contributed by atoms with Crippen LogP contribution >= 0.6 is 11.6 Å². The third-order valence-electron chi connectivity index (χ3n) is 2.52. The molecule has 2 rings (SSSR count). The van der Waals surface area contributed by atoms with Gasteiger partial charge in [-0.25, -0.2) is 9.48 Å². The highest BCUT2D eigenvalue weighted by Gasteiger charge is 2.18. The molecular weight excluding hydrogens is 268 g/mol. The van der Waals surface area contributed by atoms with Crippen LogP contribution in [0.5, 0.6) is 0 Å². The van der Waals surface area contributed by atoms with E-state index in [4.69, 9.17) is 22.1 Å². The number of hydrogen-bond acceptors (Lipinski definition) is 5. The smallest absolute Gasteiger partial charge is 0.362 e. The van der Waals surface area contributed by atoms with Crippen LogP contribution in [0.25, 0.3) is 0 Å².